The van der Waals surface area contributed by atoms with Crippen molar-refractivity contribution in [1.82, 2.24) is 24.5 Å². The molecule has 1 fully saturated rings. The zero-order valence-corrected chi connectivity index (χ0v) is 16.3. The van der Waals surface area contributed by atoms with E-state index in [4.69, 9.17) is 11.6 Å². The molecule has 0 unspecified atom stereocenters. The van der Waals surface area contributed by atoms with E-state index in [1.165, 1.54) is 18.0 Å². The van der Waals surface area contributed by atoms with Crippen LogP contribution in [0, 0.1) is 17.7 Å². The van der Waals surface area contributed by atoms with Gasteiger partial charge in [0.1, 0.15) is 11.3 Å². The number of nitrogens with zero attached hydrogens (tertiary/aromatic N) is 4. The van der Waals surface area contributed by atoms with Crippen LogP contribution in [0.2, 0.25) is 5.02 Å². The van der Waals surface area contributed by atoms with E-state index in [1.54, 1.807) is 23.0 Å². The second-order valence-electron chi connectivity index (χ2n) is 7.92. The summed E-state index contributed by atoms with van der Waals surface area (Å²) in [6.45, 7) is 0. The second-order valence-corrected chi connectivity index (χ2v) is 8.35. The number of allylic oxidation sites excluding steroid dienone is 1. The summed E-state index contributed by atoms with van der Waals surface area (Å²) in [5.41, 5.74) is 2.89. The summed E-state index contributed by atoms with van der Waals surface area (Å²) in [7, 11) is 0. The fraction of sp³-hybridized carbons (Fsp3) is 0.238. The van der Waals surface area contributed by atoms with Crippen LogP contribution in [-0.4, -0.2) is 35.6 Å². The van der Waals surface area contributed by atoms with E-state index in [0.717, 1.165) is 18.2 Å². The lowest BCUT2D eigenvalue weighted by atomic mass is 9.65. The highest BCUT2D eigenvalue weighted by Crippen LogP contribution is 2.51. The minimum absolute atomic E-state index is 0.163. The van der Waals surface area contributed by atoms with Gasteiger partial charge in [-0.3, -0.25) is 4.79 Å². The molecule has 2 N–H and O–H groups in total. The van der Waals surface area contributed by atoms with Crippen molar-refractivity contribution in [2.24, 2.45) is 11.8 Å². The summed E-state index contributed by atoms with van der Waals surface area (Å²) in [6, 6.07) is 1.39. The summed E-state index contributed by atoms with van der Waals surface area (Å²) < 4.78 is 16.4. The van der Waals surface area contributed by atoms with E-state index in [2.05, 4.69) is 19.9 Å². The van der Waals surface area contributed by atoms with E-state index in [-0.39, 0.29) is 17.3 Å². The Bertz CT molecular complexity index is 1380. The first-order valence-electron chi connectivity index (χ1n) is 9.58. The molecular weight excluding hydrogens is 409 g/mol. The van der Waals surface area contributed by atoms with Gasteiger partial charge in [0.15, 0.2) is 11.6 Å². The van der Waals surface area contributed by atoms with Gasteiger partial charge in [0.25, 0.3) is 0 Å². The molecule has 2 bridgehead atoms. The average molecular weight is 424 g/mol. The first-order valence-corrected chi connectivity index (χ1v) is 9.96. The molecule has 4 heterocycles. The maximum atomic E-state index is 14.7. The van der Waals surface area contributed by atoms with Crippen molar-refractivity contribution in [2.75, 3.05) is 0 Å². The number of carboxylic acids is 1. The molecule has 0 spiro atoms. The maximum Gasteiger partial charge on any atom is 0.312 e. The molecule has 4 aromatic rings. The highest BCUT2D eigenvalue weighted by molar-refractivity contribution is 6.31. The Morgan fingerprint density at radius 2 is 2.10 bits per heavy atom. The normalized spacial score (nSPS) is 22.9. The Morgan fingerprint density at radius 3 is 2.90 bits per heavy atom. The topological polar surface area (TPSA) is 96.7 Å². The molecule has 0 amide bonds. The van der Waals surface area contributed by atoms with Gasteiger partial charge in [-0.2, -0.15) is 0 Å². The lowest BCUT2D eigenvalue weighted by Gasteiger charge is -2.44. The van der Waals surface area contributed by atoms with E-state index < -0.39 is 17.7 Å². The summed E-state index contributed by atoms with van der Waals surface area (Å²) in [6.07, 6.45) is 9.59. The number of H-pyrrole nitrogens is 1. The maximum absolute atomic E-state index is 14.7. The molecule has 3 aliphatic rings. The Hall–Kier alpha value is -3.26. The van der Waals surface area contributed by atoms with Gasteiger partial charge in [-0.25, -0.2) is 19.3 Å². The lowest BCUT2D eigenvalue weighted by Crippen LogP contribution is -2.39. The molecule has 30 heavy (non-hydrogen) atoms. The SMILES string of the molecule is O=C(O)[C@@H]1C=C2CC(C2)[C@H]1n1cc(F)c2cnc(-c3c[nH]c4ncc(Cl)cc34)nc21. The van der Waals surface area contributed by atoms with Crippen LogP contribution in [0.3, 0.4) is 0 Å². The first-order chi connectivity index (χ1) is 14.5. The first kappa shape index (κ1) is 17.6. The molecule has 7 rings (SSSR count). The standard InChI is InChI=1S/C21H15ClFN5O2/c22-11-4-12-14(6-25-18(12)24-5-11)19-26-7-15-16(23)8-28(20(15)27-19)17-10-1-9(2-10)3-13(17)21(29)30/h3-8,10,13,17H,1-2H2,(H,24,25)(H,29,30)/t13-,17-/m1/s1. The molecule has 3 aliphatic carbocycles. The van der Waals surface area contributed by atoms with Crippen LogP contribution < -0.4 is 0 Å². The molecule has 0 aliphatic heterocycles. The predicted octanol–water partition coefficient (Wildman–Crippen LogP) is 4.36. The number of pyridine rings is 1. The Labute approximate surface area is 174 Å². The van der Waals surface area contributed by atoms with E-state index >= 15 is 0 Å². The fourth-order valence-electron chi connectivity index (χ4n) is 4.77. The number of aliphatic carboxylic acids is 1. The molecule has 1 saturated carbocycles. The van der Waals surface area contributed by atoms with Crippen molar-refractivity contribution in [3.05, 3.63) is 53.3 Å². The average Bonchev–Trinajstić information content (AvgIpc) is 3.27. The zero-order chi connectivity index (χ0) is 20.6. The van der Waals surface area contributed by atoms with Crippen molar-refractivity contribution < 1.29 is 14.3 Å². The third-order valence-electron chi connectivity index (χ3n) is 6.18. The molecule has 9 heteroatoms. The Morgan fingerprint density at radius 1 is 1.27 bits per heavy atom. The number of carbonyl (C=O) groups is 1. The summed E-state index contributed by atoms with van der Waals surface area (Å²) in [4.78, 5) is 28.2. The third kappa shape index (κ3) is 2.43. The number of hydrogen-bond acceptors (Lipinski definition) is 4. The molecule has 2 atom stereocenters. The number of rotatable bonds is 3. The van der Waals surface area contributed by atoms with E-state index in [1.807, 2.05) is 6.08 Å². The smallest absolute Gasteiger partial charge is 0.312 e. The van der Waals surface area contributed by atoms with Gasteiger partial charge in [-0.1, -0.05) is 23.3 Å². The minimum atomic E-state index is -0.907. The molecule has 0 aromatic carbocycles. The van der Waals surface area contributed by atoms with Gasteiger partial charge in [0, 0.05) is 35.7 Å². The largest absolute Gasteiger partial charge is 0.481 e. The fourth-order valence-corrected chi connectivity index (χ4v) is 4.92. The summed E-state index contributed by atoms with van der Waals surface area (Å²) in [5.74, 6) is -1.51. The molecular formula is C21H15ClFN5O2. The quantitative estimate of drug-likeness (QED) is 0.477. The van der Waals surface area contributed by atoms with Crippen LogP contribution in [0.4, 0.5) is 4.39 Å². The molecule has 0 saturated heterocycles. The Kier molecular flexibility index (Phi) is 3.59. The molecule has 7 nitrogen and oxygen atoms in total. The van der Waals surface area contributed by atoms with Crippen LogP contribution in [0.15, 0.2) is 42.5 Å². The number of fused-ring (bicyclic) bond motifs is 4. The summed E-state index contributed by atoms with van der Waals surface area (Å²) >= 11 is 6.09. The van der Waals surface area contributed by atoms with E-state index in [0.29, 0.717) is 27.7 Å². The minimum Gasteiger partial charge on any atom is -0.481 e. The van der Waals surface area contributed by atoms with Crippen LogP contribution in [0.25, 0.3) is 33.5 Å². The number of carboxylic acid groups (broad SMARTS) is 1. The van der Waals surface area contributed by atoms with Gasteiger partial charge >= 0.3 is 5.97 Å². The van der Waals surface area contributed by atoms with Gasteiger partial charge in [-0.15, -0.1) is 0 Å². The lowest BCUT2D eigenvalue weighted by molar-refractivity contribution is -0.142. The predicted molar refractivity (Wildman–Crippen MR) is 109 cm³/mol. The van der Waals surface area contributed by atoms with Crippen LogP contribution >= 0.6 is 11.6 Å². The van der Waals surface area contributed by atoms with Crippen molar-refractivity contribution in [3.63, 3.8) is 0 Å². The number of hydrogen-bond donors (Lipinski definition) is 2. The molecule has 0 radical (unpaired) electrons. The van der Waals surface area contributed by atoms with Crippen molar-refractivity contribution in [1.29, 1.82) is 0 Å². The third-order valence-corrected chi connectivity index (χ3v) is 6.39. The van der Waals surface area contributed by atoms with Gasteiger partial charge in [0.05, 0.1) is 22.4 Å². The number of halogens is 2. The zero-order valence-electron chi connectivity index (χ0n) is 15.5. The number of nitrogens with one attached hydrogen (secondary N) is 1. The van der Waals surface area contributed by atoms with Crippen molar-refractivity contribution in [2.45, 2.75) is 18.9 Å². The van der Waals surface area contributed by atoms with Crippen LogP contribution in [-0.2, 0) is 4.79 Å². The van der Waals surface area contributed by atoms with Crippen LogP contribution in [0.5, 0.6) is 0 Å². The van der Waals surface area contributed by atoms with Gasteiger partial charge in [0.2, 0.25) is 0 Å². The van der Waals surface area contributed by atoms with Gasteiger partial charge in [-0.05, 0) is 24.8 Å². The number of aromatic amines is 1. The van der Waals surface area contributed by atoms with Crippen LogP contribution in [0.1, 0.15) is 18.9 Å². The second kappa shape index (κ2) is 6.12. The van der Waals surface area contributed by atoms with Crippen molar-refractivity contribution >= 4 is 39.6 Å². The monoisotopic (exact) mass is 423 g/mol. The number of aromatic nitrogens is 5. The van der Waals surface area contributed by atoms with E-state index in [9.17, 15) is 14.3 Å². The highest BCUT2D eigenvalue weighted by Gasteiger charge is 2.45. The molecule has 150 valence electrons. The summed E-state index contributed by atoms with van der Waals surface area (Å²) in [5, 5.41) is 11.2. The van der Waals surface area contributed by atoms with Gasteiger partial charge < -0.3 is 14.7 Å². The highest BCUT2D eigenvalue weighted by atomic mass is 35.5. The molecule has 4 aromatic heterocycles. The Balaban J connectivity index is 1.54. The van der Waals surface area contributed by atoms with Crippen molar-refractivity contribution in [3.8, 4) is 11.4 Å².